The van der Waals surface area contributed by atoms with Crippen LogP contribution in [-0.4, -0.2) is 37.9 Å². The first-order valence-corrected chi connectivity index (χ1v) is 9.25. The van der Waals surface area contributed by atoms with Gasteiger partial charge in [-0.05, 0) is 30.9 Å². The maximum Gasteiger partial charge on any atom is 0.416 e. The molecule has 4 nitrogen and oxygen atoms in total. The van der Waals surface area contributed by atoms with Crippen LogP contribution in [0.2, 0.25) is 0 Å². The first kappa shape index (κ1) is 19.5. The summed E-state index contributed by atoms with van der Waals surface area (Å²) < 4.78 is 64.8. The molecule has 2 saturated heterocycles. The zero-order valence-corrected chi connectivity index (χ0v) is 14.6. The fourth-order valence-corrected chi connectivity index (χ4v) is 4.88. The molecule has 2 atom stereocenters. The number of nitrogens with zero attached hydrogens (tertiary/aromatic N) is 1. The monoisotopic (exact) mass is 384 g/mol. The van der Waals surface area contributed by atoms with Crippen LogP contribution >= 0.6 is 12.4 Å². The van der Waals surface area contributed by atoms with E-state index in [0.717, 1.165) is 31.4 Å². The van der Waals surface area contributed by atoms with Gasteiger partial charge in [0, 0.05) is 25.2 Å². The average molecular weight is 385 g/mol. The molecule has 1 N–H and O–H groups in total. The highest BCUT2D eigenvalue weighted by Crippen LogP contribution is 2.30. The Labute approximate surface area is 145 Å². The third-order valence-corrected chi connectivity index (χ3v) is 6.30. The van der Waals surface area contributed by atoms with Crippen LogP contribution in [0, 0.1) is 0 Å². The highest BCUT2D eigenvalue weighted by atomic mass is 35.5. The fraction of sp³-hybridized carbons (Fsp3) is 0.600. The topological polar surface area (TPSA) is 49.4 Å². The van der Waals surface area contributed by atoms with E-state index in [-0.39, 0.29) is 24.0 Å². The van der Waals surface area contributed by atoms with E-state index in [1.807, 2.05) is 0 Å². The molecule has 3 rings (SSSR count). The molecule has 2 aliphatic rings. The summed E-state index contributed by atoms with van der Waals surface area (Å²) in [6.45, 7) is 0.827. The zero-order valence-electron chi connectivity index (χ0n) is 12.9. The van der Waals surface area contributed by atoms with Crippen LogP contribution in [0.1, 0.15) is 30.4 Å². The number of benzene rings is 1. The van der Waals surface area contributed by atoms with E-state index in [2.05, 4.69) is 5.32 Å². The highest BCUT2D eigenvalue weighted by Gasteiger charge is 2.35. The number of nitrogens with one attached hydrogen (secondary N) is 1. The van der Waals surface area contributed by atoms with Crippen molar-refractivity contribution in [3.05, 3.63) is 35.4 Å². The van der Waals surface area contributed by atoms with E-state index in [0.29, 0.717) is 19.1 Å². The summed E-state index contributed by atoms with van der Waals surface area (Å²) in [6, 6.07) is 5.05. The third kappa shape index (κ3) is 4.41. The van der Waals surface area contributed by atoms with Crippen molar-refractivity contribution >= 4 is 22.4 Å². The lowest BCUT2D eigenvalue weighted by Crippen LogP contribution is -2.39. The van der Waals surface area contributed by atoms with Gasteiger partial charge in [-0.2, -0.15) is 13.2 Å². The Bertz CT molecular complexity index is 682. The van der Waals surface area contributed by atoms with E-state index in [9.17, 15) is 21.6 Å². The molecule has 2 fully saturated rings. The maximum absolute atomic E-state index is 12.7. The summed E-state index contributed by atoms with van der Waals surface area (Å²) >= 11 is 0. The summed E-state index contributed by atoms with van der Waals surface area (Å²) in [6.07, 6.45) is -1.71. The normalized spacial score (nSPS) is 25.1. The van der Waals surface area contributed by atoms with Crippen molar-refractivity contribution in [2.75, 3.05) is 13.1 Å². The molecule has 2 unspecified atom stereocenters. The Morgan fingerprint density at radius 2 is 1.88 bits per heavy atom. The van der Waals surface area contributed by atoms with Crippen LogP contribution in [-0.2, 0) is 22.0 Å². The second kappa shape index (κ2) is 7.19. The SMILES string of the molecule is Cl.O=S(=O)(Cc1cccc(C(F)(F)F)c1)N1CCC2CCC(C1)N2. The minimum Gasteiger partial charge on any atom is -0.310 e. The highest BCUT2D eigenvalue weighted by molar-refractivity contribution is 7.88. The molecule has 0 aliphatic carbocycles. The Kier molecular flexibility index (Phi) is 5.84. The number of alkyl halides is 3. The summed E-state index contributed by atoms with van der Waals surface area (Å²) in [7, 11) is -3.62. The molecule has 2 aliphatic heterocycles. The van der Waals surface area contributed by atoms with Gasteiger partial charge in [-0.3, -0.25) is 0 Å². The van der Waals surface area contributed by atoms with Crippen LogP contribution in [0.4, 0.5) is 13.2 Å². The lowest BCUT2D eigenvalue weighted by Gasteiger charge is -2.23. The van der Waals surface area contributed by atoms with Crippen molar-refractivity contribution in [1.82, 2.24) is 9.62 Å². The number of rotatable bonds is 3. The molecule has 24 heavy (non-hydrogen) atoms. The quantitative estimate of drug-likeness (QED) is 0.871. The van der Waals surface area contributed by atoms with E-state index in [1.54, 1.807) is 0 Å². The number of hydrogen-bond acceptors (Lipinski definition) is 3. The van der Waals surface area contributed by atoms with Crippen molar-refractivity contribution in [2.24, 2.45) is 0 Å². The minimum atomic E-state index is -4.47. The van der Waals surface area contributed by atoms with Crippen LogP contribution in [0.25, 0.3) is 0 Å². The molecule has 0 radical (unpaired) electrons. The Hall–Kier alpha value is -0.830. The van der Waals surface area contributed by atoms with Crippen LogP contribution in [0.3, 0.4) is 0 Å². The summed E-state index contributed by atoms with van der Waals surface area (Å²) in [5.41, 5.74) is -0.649. The lowest BCUT2D eigenvalue weighted by atomic mass is 10.1. The molecule has 0 spiro atoms. The number of fused-ring (bicyclic) bond motifs is 2. The lowest BCUT2D eigenvalue weighted by molar-refractivity contribution is -0.137. The average Bonchev–Trinajstić information content (AvgIpc) is 2.76. The van der Waals surface area contributed by atoms with Crippen molar-refractivity contribution in [3.8, 4) is 0 Å². The molecule has 0 aromatic heterocycles. The minimum absolute atomic E-state index is 0. The maximum atomic E-state index is 12.7. The molecule has 2 bridgehead atoms. The van der Waals surface area contributed by atoms with Crippen molar-refractivity contribution < 1.29 is 21.6 Å². The second-order valence-electron chi connectivity index (χ2n) is 6.24. The van der Waals surface area contributed by atoms with Gasteiger partial charge in [-0.25, -0.2) is 12.7 Å². The van der Waals surface area contributed by atoms with Gasteiger partial charge in [0.15, 0.2) is 0 Å². The first-order valence-electron chi connectivity index (χ1n) is 7.64. The second-order valence-corrected chi connectivity index (χ2v) is 8.21. The van der Waals surface area contributed by atoms with Gasteiger partial charge >= 0.3 is 6.18 Å². The molecule has 0 amide bonds. The third-order valence-electron chi connectivity index (χ3n) is 4.48. The summed E-state index contributed by atoms with van der Waals surface area (Å²) in [5, 5.41) is 3.39. The summed E-state index contributed by atoms with van der Waals surface area (Å²) in [4.78, 5) is 0. The van der Waals surface area contributed by atoms with E-state index in [4.69, 9.17) is 0 Å². The smallest absolute Gasteiger partial charge is 0.310 e. The van der Waals surface area contributed by atoms with Gasteiger partial charge in [-0.1, -0.05) is 18.2 Å². The van der Waals surface area contributed by atoms with Crippen molar-refractivity contribution in [1.29, 1.82) is 0 Å². The molecule has 136 valence electrons. The Morgan fingerprint density at radius 1 is 1.17 bits per heavy atom. The zero-order chi connectivity index (χ0) is 16.7. The Morgan fingerprint density at radius 3 is 2.58 bits per heavy atom. The van der Waals surface area contributed by atoms with Crippen LogP contribution in [0.5, 0.6) is 0 Å². The molecule has 1 aromatic rings. The standard InChI is InChI=1S/C15H19F3N2O2S.ClH/c16-15(17,18)12-3-1-2-11(8-12)10-23(21,22)20-7-6-13-4-5-14(9-20)19-13;/h1-3,8,13-14,19H,4-7,9-10H2;1H. The number of hydrogen-bond donors (Lipinski definition) is 1. The Balaban J connectivity index is 0.00000208. The van der Waals surface area contributed by atoms with E-state index < -0.39 is 27.5 Å². The van der Waals surface area contributed by atoms with Gasteiger partial charge < -0.3 is 5.32 Å². The molecular formula is C15H20ClF3N2O2S. The summed E-state index contributed by atoms with van der Waals surface area (Å²) in [5.74, 6) is -0.395. The molecule has 1 aromatic carbocycles. The largest absolute Gasteiger partial charge is 0.416 e. The molecule has 2 heterocycles. The van der Waals surface area contributed by atoms with Gasteiger partial charge in [0.25, 0.3) is 0 Å². The molecule has 0 saturated carbocycles. The predicted octanol–water partition coefficient (Wildman–Crippen LogP) is 2.78. The van der Waals surface area contributed by atoms with Gasteiger partial charge in [-0.15, -0.1) is 12.4 Å². The number of halogens is 4. The van der Waals surface area contributed by atoms with Crippen LogP contribution < -0.4 is 5.32 Å². The number of sulfonamides is 1. The molecular weight excluding hydrogens is 365 g/mol. The van der Waals surface area contributed by atoms with Crippen LogP contribution in [0.15, 0.2) is 24.3 Å². The van der Waals surface area contributed by atoms with Crippen molar-refractivity contribution in [2.45, 2.75) is 43.3 Å². The van der Waals surface area contributed by atoms with Gasteiger partial charge in [0.05, 0.1) is 11.3 Å². The predicted molar refractivity (Wildman–Crippen MR) is 87.5 cm³/mol. The van der Waals surface area contributed by atoms with Gasteiger partial charge in [0.2, 0.25) is 10.0 Å². The first-order chi connectivity index (χ1) is 10.7. The molecule has 9 heteroatoms. The van der Waals surface area contributed by atoms with Crippen molar-refractivity contribution in [3.63, 3.8) is 0 Å². The van der Waals surface area contributed by atoms with Gasteiger partial charge in [0.1, 0.15) is 0 Å². The fourth-order valence-electron chi connectivity index (χ4n) is 3.30. The van der Waals surface area contributed by atoms with E-state index >= 15 is 0 Å². The van der Waals surface area contributed by atoms with E-state index in [1.165, 1.54) is 16.4 Å².